The van der Waals surface area contributed by atoms with Gasteiger partial charge in [0.05, 0.1) is 5.41 Å². The van der Waals surface area contributed by atoms with Crippen LogP contribution in [0.2, 0.25) is 0 Å². The van der Waals surface area contributed by atoms with Crippen molar-refractivity contribution in [2.75, 3.05) is 13.6 Å². The third-order valence-electron chi connectivity index (χ3n) is 3.63. The van der Waals surface area contributed by atoms with Crippen molar-refractivity contribution < 1.29 is 14.7 Å². The van der Waals surface area contributed by atoms with Gasteiger partial charge in [0.25, 0.3) is 0 Å². The monoisotopic (exact) mass is 242 g/mol. The maximum atomic E-state index is 11.6. The van der Waals surface area contributed by atoms with Crippen LogP contribution in [0.1, 0.15) is 39.0 Å². The average Bonchev–Trinajstić information content (AvgIpc) is 2.29. The molecule has 1 aliphatic carbocycles. The molecule has 0 aromatic carbocycles. The molecule has 0 radical (unpaired) electrons. The summed E-state index contributed by atoms with van der Waals surface area (Å²) in [4.78, 5) is 23.0. The zero-order chi connectivity index (χ0) is 12.9. The number of carboxylic acids is 1. The highest BCUT2D eigenvalue weighted by Crippen LogP contribution is 2.36. The van der Waals surface area contributed by atoms with Crippen molar-refractivity contribution in [2.45, 2.75) is 45.1 Å². The second kappa shape index (κ2) is 6.00. The highest BCUT2D eigenvalue weighted by atomic mass is 16.4. The van der Waals surface area contributed by atoms with Crippen molar-refractivity contribution in [3.05, 3.63) is 0 Å². The minimum Gasteiger partial charge on any atom is -0.481 e. The molecule has 0 saturated heterocycles. The average molecular weight is 242 g/mol. The van der Waals surface area contributed by atoms with E-state index in [9.17, 15) is 14.7 Å². The van der Waals surface area contributed by atoms with Crippen LogP contribution in [0, 0.1) is 5.41 Å². The van der Waals surface area contributed by atoms with E-state index in [4.69, 9.17) is 0 Å². The van der Waals surface area contributed by atoms with Crippen molar-refractivity contribution in [2.24, 2.45) is 5.41 Å². The van der Waals surface area contributed by atoms with Gasteiger partial charge in [-0.25, -0.2) is 0 Å². The van der Waals surface area contributed by atoms with Gasteiger partial charge in [-0.15, -0.1) is 0 Å². The lowest BCUT2D eigenvalue weighted by molar-refractivity contribution is -0.152. The molecule has 1 fully saturated rings. The molecule has 5 nitrogen and oxygen atoms in total. The Morgan fingerprint density at radius 2 is 2.12 bits per heavy atom. The van der Waals surface area contributed by atoms with Gasteiger partial charge in [0.15, 0.2) is 0 Å². The van der Waals surface area contributed by atoms with Crippen LogP contribution in [0.4, 0.5) is 0 Å². The van der Waals surface area contributed by atoms with E-state index in [1.807, 2.05) is 0 Å². The Labute approximate surface area is 102 Å². The third-order valence-corrected chi connectivity index (χ3v) is 3.63. The first-order valence-corrected chi connectivity index (χ1v) is 6.18. The smallest absolute Gasteiger partial charge is 0.311 e. The number of hydrogen-bond acceptors (Lipinski definition) is 3. The van der Waals surface area contributed by atoms with Crippen LogP contribution in [0.3, 0.4) is 0 Å². The summed E-state index contributed by atoms with van der Waals surface area (Å²) in [5, 5.41) is 15.1. The molecule has 5 heteroatoms. The first-order valence-electron chi connectivity index (χ1n) is 6.18. The number of aliphatic carboxylic acids is 1. The van der Waals surface area contributed by atoms with Crippen LogP contribution >= 0.6 is 0 Å². The summed E-state index contributed by atoms with van der Waals surface area (Å²) in [6.07, 6.45) is 3.70. The summed E-state index contributed by atoms with van der Waals surface area (Å²) in [5.41, 5.74) is -0.812. The van der Waals surface area contributed by atoms with Gasteiger partial charge in [-0.05, 0) is 26.8 Å². The molecule has 1 aliphatic rings. The maximum absolute atomic E-state index is 11.6. The van der Waals surface area contributed by atoms with Crippen LogP contribution < -0.4 is 10.6 Å². The van der Waals surface area contributed by atoms with E-state index < -0.39 is 11.4 Å². The summed E-state index contributed by atoms with van der Waals surface area (Å²) in [6.45, 7) is 2.35. The minimum absolute atomic E-state index is 0.0706. The number of rotatable bonds is 5. The van der Waals surface area contributed by atoms with E-state index in [0.717, 1.165) is 19.3 Å². The lowest BCUT2D eigenvalue weighted by Gasteiger charge is -2.38. The highest BCUT2D eigenvalue weighted by molar-refractivity contribution is 5.80. The first-order chi connectivity index (χ1) is 8.00. The predicted molar refractivity (Wildman–Crippen MR) is 64.7 cm³/mol. The van der Waals surface area contributed by atoms with Gasteiger partial charge in [0.1, 0.15) is 0 Å². The van der Waals surface area contributed by atoms with E-state index in [-0.39, 0.29) is 11.9 Å². The maximum Gasteiger partial charge on any atom is 0.311 e. The van der Waals surface area contributed by atoms with E-state index in [1.165, 1.54) is 0 Å². The van der Waals surface area contributed by atoms with Crippen LogP contribution in [0.25, 0.3) is 0 Å². The highest BCUT2D eigenvalue weighted by Gasteiger charge is 2.43. The Morgan fingerprint density at radius 1 is 1.41 bits per heavy atom. The Bertz CT molecular complexity index is 293. The molecule has 1 amide bonds. The van der Waals surface area contributed by atoms with Crippen molar-refractivity contribution in [3.63, 3.8) is 0 Å². The lowest BCUT2D eigenvalue weighted by Crippen LogP contribution is -2.52. The quantitative estimate of drug-likeness (QED) is 0.664. The second-order valence-corrected chi connectivity index (χ2v) is 4.94. The summed E-state index contributed by atoms with van der Waals surface area (Å²) in [5.74, 6) is -0.880. The lowest BCUT2D eigenvalue weighted by atomic mass is 9.71. The molecule has 1 saturated carbocycles. The van der Waals surface area contributed by atoms with Crippen molar-refractivity contribution >= 4 is 11.9 Å². The molecular weight excluding hydrogens is 220 g/mol. The van der Waals surface area contributed by atoms with Crippen molar-refractivity contribution in [1.29, 1.82) is 0 Å². The molecule has 0 heterocycles. The summed E-state index contributed by atoms with van der Waals surface area (Å²) in [6, 6.07) is -0.238. The van der Waals surface area contributed by atoms with E-state index in [1.54, 1.807) is 14.0 Å². The minimum atomic E-state index is -0.812. The second-order valence-electron chi connectivity index (χ2n) is 4.94. The fourth-order valence-corrected chi connectivity index (χ4v) is 2.33. The van der Waals surface area contributed by atoms with Crippen LogP contribution in [-0.4, -0.2) is 36.6 Å². The number of amides is 1. The first kappa shape index (κ1) is 14.0. The molecule has 17 heavy (non-hydrogen) atoms. The van der Waals surface area contributed by atoms with Gasteiger partial charge < -0.3 is 15.7 Å². The number of carbonyl (C=O) groups excluding carboxylic acids is 1. The topological polar surface area (TPSA) is 78.4 Å². The summed E-state index contributed by atoms with van der Waals surface area (Å²) >= 11 is 0. The van der Waals surface area contributed by atoms with E-state index in [0.29, 0.717) is 19.4 Å². The molecule has 1 rings (SSSR count). The number of nitrogens with one attached hydrogen (secondary N) is 2. The Morgan fingerprint density at radius 3 is 2.71 bits per heavy atom. The third kappa shape index (κ3) is 3.43. The van der Waals surface area contributed by atoms with Crippen molar-refractivity contribution in [1.82, 2.24) is 10.6 Å². The normalized spacial score (nSPS) is 28.7. The Kier molecular flexibility index (Phi) is 4.93. The van der Waals surface area contributed by atoms with E-state index >= 15 is 0 Å². The zero-order valence-electron chi connectivity index (χ0n) is 10.6. The molecule has 0 bridgehead atoms. The van der Waals surface area contributed by atoms with Crippen LogP contribution in [0.15, 0.2) is 0 Å². The van der Waals surface area contributed by atoms with Gasteiger partial charge in [-0.1, -0.05) is 12.8 Å². The van der Waals surface area contributed by atoms with E-state index in [2.05, 4.69) is 10.6 Å². The number of carboxylic acid groups (broad SMARTS) is 1. The fourth-order valence-electron chi connectivity index (χ4n) is 2.33. The molecule has 0 spiro atoms. The molecule has 0 aliphatic heterocycles. The molecule has 2 unspecified atom stereocenters. The Balaban J connectivity index is 2.60. The molecule has 3 N–H and O–H groups in total. The fraction of sp³-hybridized carbons (Fsp3) is 0.833. The standard InChI is InChI=1S/C12H22N2O3/c1-12(11(16)17)7-4-3-5-9(12)14-10(15)6-8-13-2/h9,13H,3-8H2,1-2H3,(H,14,15)(H,16,17). The van der Waals surface area contributed by atoms with Gasteiger partial charge in [0.2, 0.25) is 5.91 Å². The van der Waals surface area contributed by atoms with Crippen molar-refractivity contribution in [3.8, 4) is 0 Å². The number of carbonyl (C=O) groups is 2. The molecular formula is C12H22N2O3. The molecule has 2 atom stereocenters. The van der Waals surface area contributed by atoms with Gasteiger partial charge in [0, 0.05) is 19.0 Å². The summed E-state index contributed by atoms with van der Waals surface area (Å²) in [7, 11) is 1.79. The Hall–Kier alpha value is -1.10. The zero-order valence-corrected chi connectivity index (χ0v) is 10.6. The molecule has 0 aromatic rings. The van der Waals surface area contributed by atoms with Crippen LogP contribution in [-0.2, 0) is 9.59 Å². The van der Waals surface area contributed by atoms with Gasteiger partial charge >= 0.3 is 5.97 Å². The summed E-state index contributed by atoms with van der Waals surface area (Å²) < 4.78 is 0. The molecule has 98 valence electrons. The number of hydrogen-bond donors (Lipinski definition) is 3. The van der Waals surface area contributed by atoms with Gasteiger partial charge in [-0.3, -0.25) is 9.59 Å². The van der Waals surface area contributed by atoms with Gasteiger partial charge in [-0.2, -0.15) is 0 Å². The largest absolute Gasteiger partial charge is 0.481 e. The SMILES string of the molecule is CNCCC(=O)NC1CCCCC1(C)C(=O)O. The predicted octanol–water partition coefficient (Wildman–Crippen LogP) is 0.746. The molecule has 0 aromatic heterocycles. The van der Waals surface area contributed by atoms with Crippen LogP contribution in [0.5, 0.6) is 0 Å².